The highest BCUT2D eigenvalue weighted by Crippen LogP contribution is 2.38. The molecule has 0 aliphatic heterocycles. The topological polar surface area (TPSA) is 29.5 Å². The standard InChI is InChI=1S/C13H30O2Si/c1-11(9-8-10-14)12(2)15-16(6,7)13(3,4)5/h11-12,14H,8-10H2,1-7H3/t11-,12+/m1/s1. The Hall–Kier alpha value is 0.137. The van der Waals surface area contributed by atoms with E-state index in [9.17, 15) is 0 Å². The van der Waals surface area contributed by atoms with Gasteiger partial charge >= 0.3 is 0 Å². The lowest BCUT2D eigenvalue weighted by Crippen LogP contribution is -2.44. The fourth-order valence-corrected chi connectivity index (χ4v) is 2.92. The summed E-state index contributed by atoms with van der Waals surface area (Å²) in [6.45, 7) is 16.1. The summed E-state index contributed by atoms with van der Waals surface area (Å²) in [6, 6.07) is 0. The van der Waals surface area contributed by atoms with Crippen molar-refractivity contribution in [2.75, 3.05) is 6.61 Å². The van der Waals surface area contributed by atoms with Gasteiger partial charge in [-0.05, 0) is 43.8 Å². The van der Waals surface area contributed by atoms with E-state index in [2.05, 4.69) is 47.7 Å². The van der Waals surface area contributed by atoms with Crippen LogP contribution in [-0.4, -0.2) is 26.1 Å². The second-order valence-corrected chi connectivity index (χ2v) is 11.2. The number of hydrogen-bond acceptors (Lipinski definition) is 2. The zero-order valence-corrected chi connectivity index (χ0v) is 13.1. The van der Waals surface area contributed by atoms with Crippen LogP contribution in [-0.2, 0) is 4.43 Å². The Bertz CT molecular complexity index is 197. The van der Waals surface area contributed by atoms with Crippen molar-refractivity contribution in [2.24, 2.45) is 5.92 Å². The van der Waals surface area contributed by atoms with E-state index in [1.54, 1.807) is 0 Å². The van der Waals surface area contributed by atoms with Crippen LogP contribution in [0.3, 0.4) is 0 Å². The Morgan fingerprint density at radius 3 is 2.06 bits per heavy atom. The van der Waals surface area contributed by atoms with E-state index in [-0.39, 0.29) is 11.6 Å². The van der Waals surface area contributed by atoms with E-state index in [4.69, 9.17) is 9.53 Å². The summed E-state index contributed by atoms with van der Waals surface area (Å²) in [6.07, 6.45) is 2.23. The quantitative estimate of drug-likeness (QED) is 0.722. The molecule has 0 saturated carbocycles. The molecule has 1 N–H and O–H groups in total. The summed E-state index contributed by atoms with van der Waals surface area (Å²) < 4.78 is 6.32. The fourth-order valence-electron chi connectivity index (χ4n) is 1.41. The molecule has 0 rings (SSSR count). The molecule has 0 heterocycles. The van der Waals surface area contributed by atoms with Crippen molar-refractivity contribution in [3.05, 3.63) is 0 Å². The maximum absolute atomic E-state index is 8.83. The van der Waals surface area contributed by atoms with Crippen LogP contribution < -0.4 is 0 Å². The van der Waals surface area contributed by atoms with E-state index in [0.29, 0.717) is 12.0 Å². The Balaban J connectivity index is 4.27. The predicted molar refractivity (Wildman–Crippen MR) is 73.2 cm³/mol. The van der Waals surface area contributed by atoms with E-state index in [0.717, 1.165) is 12.8 Å². The second-order valence-electron chi connectivity index (χ2n) is 6.43. The van der Waals surface area contributed by atoms with Gasteiger partial charge in [-0.1, -0.05) is 27.7 Å². The monoisotopic (exact) mass is 246 g/mol. The van der Waals surface area contributed by atoms with E-state index >= 15 is 0 Å². The molecule has 0 aliphatic carbocycles. The first-order valence-electron chi connectivity index (χ1n) is 6.40. The third-order valence-corrected chi connectivity index (χ3v) is 8.48. The van der Waals surface area contributed by atoms with Crippen LogP contribution in [0, 0.1) is 5.92 Å². The maximum atomic E-state index is 8.83. The van der Waals surface area contributed by atoms with Crippen LogP contribution in [0.4, 0.5) is 0 Å². The van der Waals surface area contributed by atoms with Gasteiger partial charge in [0.15, 0.2) is 8.32 Å². The average molecular weight is 246 g/mol. The van der Waals surface area contributed by atoms with Gasteiger partial charge in [-0.25, -0.2) is 0 Å². The minimum atomic E-state index is -1.63. The van der Waals surface area contributed by atoms with Crippen LogP contribution in [0.5, 0.6) is 0 Å². The fraction of sp³-hybridized carbons (Fsp3) is 1.00. The van der Waals surface area contributed by atoms with Gasteiger partial charge in [0.1, 0.15) is 0 Å². The first-order chi connectivity index (χ1) is 7.12. The van der Waals surface area contributed by atoms with Gasteiger partial charge in [-0.3, -0.25) is 0 Å². The van der Waals surface area contributed by atoms with Crippen molar-refractivity contribution in [1.82, 2.24) is 0 Å². The Kier molecular flexibility index (Phi) is 6.23. The van der Waals surface area contributed by atoms with Crippen LogP contribution in [0.2, 0.25) is 18.1 Å². The smallest absolute Gasteiger partial charge is 0.192 e. The van der Waals surface area contributed by atoms with Gasteiger partial charge in [0.25, 0.3) is 0 Å². The largest absolute Gasteiger partial charge is 0.414 e. The molecule has 0 fully saturated rings. The van der Waals surface area contributed by atoms with Gasteiger partial charge in [0.05, 0.1) is 0 Å². The predicted octanol–water partition coefficient (Wildman–Crippen LogP) is 3.81. The minimum Gasteiger partial charge on any atom is -0.414 e. The van der Waals surface area contributed by atoms with E-state index < -0.39 is 8.32 Å². The van der Waals surface area contributed by atoms with Gasteiger partial charge in [0, 0.05) is 12.7 Å². The lowest BCUT2D eigenvalue weighted by atomic mass is 10.0. The van der Waals surface area contributed by atoms with Crippen LogP contribution in [0.1, 0.15) is 47.5 Å². The van der Waals surface area contributed by atoms with Crippen LogP contribution >= 0.6 is 0 Å². The zero-order valence-electron chi connectivity index (χ0n) is 12.1. The molecule has 0 unspecified atom stereocenters. The summed E-state index contributed by atoms with van der Waals surface area (Å²) in [5, 5.41) is 9.10. The van der Waals surface area contributed by atoms with Crippen molar-refractivity contribution >= 4 is 8.32 Å². The Morgan fingerprint density at radius 1 is 1.19 bits per heavy atom. The molecule has 3 heteroatoms. The summed E-state index contributed by atoms with van der Waals surface area (Å²) in [5.41, 5.74) is 0. The van der Waals surface area contributed by atoms with Gasteiger partial charge in [-0.15, -0.1) is 0 Å². The number of hydrogen-bond donors (Lipinski definition) is 1. The maximum Gasteiger partial charge on any atom is 0.192 e. The summed E-state index contributed by atoms with van der Waals surface area (Å²) in [4.78, 5) is 0. The highest BCUT2D eigenvalue weighted by Gasteiger charge is 2.38. The van der Waals surface area contributed by atoms with Crippen molar-refractivity contribution in [1.29, 1.82) is 0 Å². The van der Waals surface area contributed by atoms with Crippen molar-refractivity contribution in [3.63, 3.8) is 0 Å². The molecule has 0 amide bonds. The number of aliphatic hydroxyl groups excluding tert-OH is 1. The van der Waals surface area contributed by atoms with Gasteiger partial charge in [0.2, 0.25) is 0 Å². The molecule has 0 bridgehead atoms. The Labute approximate surface area is 103 Å². The van der Waals surface area contributed by atoms with E-state index in [1.807, 2.05) is 0 Å². The molecule has 0 saturated heterocycles. The Morgan fingerprint density at radius 2 is 1.69 bits per heavy atom. The molecule has 16 heavy (non-hydrogen) atoms. The number of aliphatic hydroxyl groups is 1. The summed E-state index contributed by atoms with van der Waals surface area (Å²) in [7, 11) is -1.63. The lowest BCUT2D eigenvalue weighted by Gasteiger charge is -2.40. The first-order valence-corrected chi connectivity index (χ1v) is 9.31. The SMILES string of the molecule is C[C@H](CCCO)[C@H](C)O[Si](C)(C)C(C)(C)C. The van der Waals surface area contributed by atoms with Gasteiger partial charge < -0.3 is 9.53 Å². The van der Waals surface area contributed by atoms with Crippen molar-refractivity contribution < 1.29 is 9.53 Å². The minimum absolute atomic E-state index is 0.276. The zero-order chi connectivity index (χ0) is 13.0. The molecule has 0 aromatic rings. The molecule has 0 aromatic heterocycles. The lowest BCUT2D eigenvalue weighted by molar-refractivity contribution is 0.131. The molecule has 0 spiro atoms. The number of rotatable bonds is 6. The highest BCUT2D eigenvalue weighted by atomic mass is 28.4. The first kappa shape index (κ1) is 16.1. The summed E-state index contributed by atoms with van der Waals surface area (Å²) >= 11 is 0. The third kappa shape index (κ3) is 4.98. The van der Waals surface area contributed by atoms with Crippen LogP contribution in [0.25, 0.3) is 0 Å². The van der Waals surface area contributed by atoms with Crippen molar-refractivity contribution in [3.8, 4) is 0 Å². The second kappa shape index (κ2) is 6.17. The average Bonchev–Trinajstić information content (AvgIpc) is 2.11. The van der Waals surface area contributed by atoms with Gasteiger partial charge in [-0.2, -0.15) is 0 Å². The summed E-state index contributed by atoms with van der Waals surface area (Å²) in [5.74, 6) is 0.529. The molecule has 2 nitrogen and oxygen atoms in total. The highest BCUT2D eigenvalue weighted by molar-refractivity contribution is 6.74. The van der Waals surface area contributed by atoms with E-state index in [1.165, 1.54) is 0 Å². The molecule has 0 aromatic carbocycles. The molecule has 2 atom stereocenters. The molecular weight excluding hydrogens is 216 g/mol. The third-order valence-electron chi connectivity index (χ3n) is 3.91. The normalized spacial score (nSPS) is 17.2. The van der Waals surface area contributed by atoms with Crippen LogP contribution in [0.15, 0.2) is 0 Å². The van der Waals surface area contributed by atoms with Crippen molar-refractivity contribution in [2.45, 2.75) is 71.7 Å². The molecular formula is C13H30O2Si. The molecule has 0 aliphatic rings. The molecule has 98 valence electrons. The molecule has 0 radical (unpaired) electrons.